The Kier molecular flexibility index (Phi) is 3.09. The number of thiol groups is 1. The van der Waals surface area contributed by atoms with Crippen LogP contribution in [0.25, 0.3) is 0 Å². The van der Waals surface area contributed by atoms with Gasteiger partial charge in [-0.25, -0.2) is 0 Å². The van der Waals surface area contributed by atoms with Crippen molar-refractivity contribution in [2.75, 3.05) is 6.61 Å². The molecule has 0 radical (unpaired) electrons. The Morgan fingerprint density at radius 2 is 2.27 bits per heavy atom. The highest BCUT2D eigenvalue weighted by molar-refractivity contribution is 7.80. The molecule has 0 saturated heterocycles. The maximum Gasteiger partial charge on any atom is 0.138 e. The van der Waals surface area contributed by atoms with Crippen LogP contribution in [0, 0.1) is 0 Å². The molecule has 0 aliphatic carbocycles. The van der Waals surface area contributed by atoms with E-state index in [1.807, 2.05) is 13.0 Å². The van der Waals surface area contributed by atoms with Gasteiger partial charge in [0.2, 0.25) is 0 Å². The lowest BCUT2D eigenvalue weighted by Crippen LogP contribution is -1.91. The van der Waals surface area contributed by atoms with Gasteiger partial charge in [-0.05, 0) is 25.1 Å². The molecule has 0 aliphatic heterocycles. The number of rotatable bonds is 2. The average molecular weight is 189 g/mol. The van der Waals surface area contributed by atoms with Crippen molar-refractivity contribution < 1.29 is 4.74 Å². The predicted octanol–water partition coefficient (Wildman–Crippen LogP) is 3.03. The van der Waals surface area contributed by atoms with E-state index in [1.54, 1.807) is 12.1 Å². The van der Waals surface area contributed by atoms with Crippen molar-refractivity contribution in [3.05, 3.63) is 23.2 Å². The molecule has 1 nitrogen and oxygen atoms in total. The summed E-state index contributed by atoms with van der Waals surface area (Å²) in [5, 5.41) is 0.629. The van der Waals surface area contributed by atoms with Crippen LogP contribution < -0.4 is 4.74 Å². The van der Waals surface area contributed by atoms with Crippen molar-refractivity contribution in [3.8, 4) is 5.75 Å². The van der Waals surface area contributed by atoms with Crippen LogP contribution in [-0.4, -0.2) is 6.61 Å². The lowest BCUT2D eigenvalue weighted by molar-refractivity contribution is 0.339. The summed E-state index contributed by atoms with van der Waals surface area (Å²) >= 11 is 9.97. The first-order valence-corrected chi connectivity index (χ1v) is 4.18. The van der Waals surface area contributed by atoms with E-state index in [9.17, 15) is 0 Å². The van der Waals surface area contributed by atoms with Crippen LogP contribution in [0.4, 0.5) is 0 Å². The lowest BCUT2D eigenvalue weighted by Gasteiger charge is -2.04. The fourth-order valence-corrected chi connectivity index (χ4v) is 1.12. The molecule has 1 aromatic carbocycles. The Morgan fingerprint density at radius 3 is 2.91 bits per heavy atom. The second-order valence-corrected chi connectivity index (χ2v) is 2.97. The highest BCUT2D eigenvalue weighted by atomic mass is 35.5. The third-order valence-electron chi connectivity index (χ3n) is 1.21. The summed E-state index contributed by atoms with van der Waals surface area (Å²) in [4.78, 5) is 0.859. The molecule has 0 aliphatic rings. The first-order valence-electron chi connectivity index (χ1n) is 3.35. The molecule has 0 unspecified atom stereocenters. The summed E-state index contributed by atoms with van der Waals surface area (Å²) in [5.41, 5.74) is 0. The van der Waals surface area contributed by atoms with E-state index < -0.39 is 0 Å². The summed E-state index contributed by atoms with van der Waals surface area (Å²) < 4.78 is 5.24. The topological polar surface area (TPSA) is 9.23 Å². The van der Waals surface area contributed by atoms with E-state index in [0.717, 1.165) is 4.90 Å². The van der Waals surface area contributed by atoms with Crippen LogP contribution in [0.1, 0.15) is 6.92 Å². The van der Waals surface area contributed by atoms with E-state index in [0.29, 0.717) is 17.4 Å². The van der Waals surface area contributed by atoms with Crippen molar-refractivity contribution in [2.24, 2.45) is 0 Å². The van der Waals surface area contributed by atoms with E-state index in [1.165, 1.54) is 0 Å². The Morgan fingerprint density at radius 1 is 1.55 bits per heavy atom. The first kappa shape index (κ1) is 8.75. The van der Waals surface area contributed by atoms with E-state index in [-0.39, 0.29) is 0 Å². The highest BCUT2D eigenvalue weighted by Gasteiger charge is 1.99. The van der Waals surface area contributed by atoms with Gasteiger partial charge in [0.25, 0.3) is 0 Å². The van der Waals surface area contributed by atoms with E-state index in [2.05, 4.69) is 12.6 Å². The maximum absolute atomic E-state index is 5.82. The minimum absolute atomic E-state index is 0.622. The van der Waals surface area contributed by atoms with Crippen LogP contribution in [0.5, 0.6) is 5.75 Å². The molecule has 1 aromatic rings. The zero-order chi connectivity index (χ0) is 8.27. The monoisotopic (exact) mass is 188 g/mol. The van der Waals surface area contributed by atoms with Gasteiger partial charge < -0.3 is 4.74 Å². The Hall–Kier alpha value is -0.340. The van der Waals surface area contributed by atoms with E-state index in [4.69, 9.17) is 16.3 Å². The fourth-order valence-electron chi connectivity index (χ4n) is 0.758. The van der Waals surface area contributed by atoms with Gasteiger partial charge in [0.05, 0.1) is 11.6 Å². The normalized spacial score (nSPS) is 9.73. The van der Waals surface area contributed by atoms with Gasteiger partial charge in [-0.1, -0.05) is 11.6 Å². The zero-order valence-corrected chi connectivity index (χ0v) is 7.82. The Balaban J connectivity index is 2.93. The van der Waals surface area contributed by atoms with Gasteiger partial charge in [0.1, 0.15) is 5.75 Å². The minimum Gasteiger partial charge on any atom is -0.492 e. The van der Waals surface area contributed by atoms with Crippen molar-refractivity contribution >= 4 is 24.2 Å². The molecule has 0 bridgehead atoms. The fraction of sp³-hybridized carbons (Fsp3) is 0.250. The molecule has 0 saturated carbocycles. The zero-order valence-electron chi connectivity index (χ0n) is 6.17. The molecular weight excluding hydrogens is 180 g/mol. The summed E-state index contributed by atoms with van der Waals surface area (Å²) in [6.45, 7) is 2.54. The lowest BCUT2D eigenvalue weighted by atomic mass is 10.3. The van der Waals surface area contributed by atoms with Gasteiger partial charge in [0, 0.05) is 4.90 Å². The SMILES string of the molecule is CCOc1cc(S)ccc1Cl. The van der Waals surface area contributed by atoms with Gasteiger partial charge in [-0.15, -0.1) is 12.6 Å². The number of ether oxygens (including phenoxy) is 1. The van der Waals surface area contributed by atoms with Gasteiger partial charge >= 0.3 is 0 Å². The smallest absolute Gasteiger partial charge is 0.138 e. The third kappa shape index (κ3) is 2.31. The molecular formula is C8H9ClOS. The third-order valence-corrected chi connectivity index (χ3v) is 1.81. The molecule has 0 amide bonds. The molecule has 0 spiro atoms. The second kappa shape index (κ2) is 3.88. The molecule has 0 aromatic heterocycles. The van der Waals surface area contributed by atoms with Gasteiger partial charge in [0.15, 0.2) is 0 Å². The molecule has 0 heterocycles. The molecule has 1 rings (SSSR count). The Bertz CT molecular complexity index is 250. The summed E-state index contributed by atoms with van der Waals surface area (Å²) in [7, 11) is 0. The maximum atomic E-state index is 5.82. The standard InChI is InChI=1S/C8H9ClOS/c1-2-10-8-5-6(11)3-4-7(8)9/h3-5,11H,2H2,1H3. The largest absolute Gasteiger partial charge is 0.492 e. The van der Waals surface area contributed by atoms with Gasteiger partial charge in [-0.3, -0.25) is 0 Å². The summed E-state index contributed by atoms with van der Waals surface area (Å²) in [6.07, 6.45) is 0. The predicted molar refractivity (Wildman–Crippen MR) is 49.9 cm³/mol. The number of halogens is 1. The molecule has 11 heavy (non-hydrogen) atoms. The van der Waals surface area contributed by atoms with Crippen molar-refractivity contribution in [3.63, 3.8) is 0 Å². The van der Waals surface area contributed by atoms with E-state index >= 15 is 0 Å². The Labute approximate surface area is 76.7 Å². The van der Waals surface area contributed by atoms with Crippen LogP contribution >= 0.6 is 24.2 Å². The number of hydrogen-bond acceptors (Lipinski definition) is 2. The van der Waals surface area contributed by atoms with Crippen molar-refractivity contribution in [2.45, 2.75) is 11.8 Å². The summed E-state index contributed by atoms with van der Waals surface area (Å²) in [5.74, 6) is 0.696. The number of hydrogen-bond donors (Lipinski definition) is 1. The minimum atomic E-state index is 0.622. The number of benzene rings is 1. The van der Waals surface area contributed by atoms with Crippen molar-refractivity contribution in [1.29, 1.82) is 0 Å². The average Bonchev–Trinajstić information content (AvgIpc) is 1.98. The highest BCUT2D eigenvalue weighted by Crippen LogP contribution is 2.26. The van der Waals surface area contributed by atoms with Crippen LogP contribution in [0.3, 0.4) is 0 Å². The molecule has 3 heteroatoms. The second-order valence-electron chi connectivity index (χ2n) is 2.05. The van der Waals surface area contributed by atoms with Crippen LogP contribution in [-0.2, 0) is 0 Å². The summed E-state index contributed by atoms with van der Waals surface area (Å²) in [6, 6.07) is 5.40. The molecule has 0 N–H and O–H groups in total. The van der Waals surface area contributed by atoms with Crippen molar-refractivity contribution in [1.82, 2.24) is 0 Å². The molecule has 0 atom stereocenters. The van der Waals surface area contributed by atoms with Crippen LogP contribution in [0.15, 0.2) is 23.1 Å². The quantitative estimate of drug-likeness (QED) is 0.702. The molecule has 60 valence electrons. The van der Waals surface area contributed by atoms with Crippen LogP contribution in [0.2, 0.25) is 5.02 Å². The first-order chi connectivity index (χ1) is 5.24. The molecule has 0 fully saturated rings. The van der Waals surface area contributed by atoms with Gasteiger partial charge in [-0.2, -0.15) is 0 Å².